The lowest BCUT2D eigenvalue weighted by Gasteiger charge is -2.10. The van der Waals surface area contributed by atoms with Crippen molar-refractivity contribution in [3.05, 3.63) is 59.8 Å². The van der Waals surface area contributed by atoms with E-state index in [1.54, 1.807) is 20.1 Å². The summed E-state index contributed by atoms with van der Waals surface area (Å²) in [6.45, 7) is 4.15. The number of benzene rings is 2. The molecule has 6 heteroatoms. The molecule has 0 amide bonds. The van der Waals surface area contributed by atoms with E-state index >= 15 is 0 Å². The number of rotatable bonds is 5. The van der Waals surface area contributed by atoms with E-state index in [-0.39, 0.29) is 18.4 Å². The van der Waals surface area contributed by atoms with Crippen molar-refractivity contribution in [3.63, 3.8) is 0 Å². The van der Waals surface area contributed by atoms with Crippen molar-refractivity contribution in [3.8, 4) is 5.75 Å². The number of anilines is 2. The molecule has 3 aromatic rings. The summed E-state index contributed by atoms with van der Waals surface area (Å²) in [5.74, 6) is 0.484. The lowest BCUT2D eigenvalue weighted by atomic mass is 10.1. The third-order valence-corrected chi connectivity index (χ3v) is 3.88. The first-order valence-electron chi connectivity index (χ1n) is 8.15. The van der Waals surface area contributed by atoms with Gasteiger partial charge in [0, 0.05) is 24.7 Å². The minimum Gasteiger partial charge on any atom is -1.00 e. The van der Waals surface area contributed by atoms with Crippen molar-refractivity contribution < 1.29 is 31.7 Å². The number of carbonyl (C=O) groups excluding carboxylic acids is 1. The highest BCUT2D eigenvalue weighted by Crippen LogP contribution is 2.27. The average molecular weight is 373 g/mol. The Kier molecular flexibility index (Phi) is 6.41. The maximum atomic E-state index is 12.0. The second-order valence-corrected chi connectivity index (χ2v) is 5.70. The number of carbonyl (C=O) groups is 1. The Labute approximate surface area is 158 Å². The van der Waals surface area contributed by atoms with E-state index in [1.165, 1.54) is 0 Å². The summed E-state index contributed by atoms with van der Waals surface area (Å²) in [5.41, 5.74) is 4.36. The second kappa shape index (κ2) is 8.54. The lowest BCUT2D eigenvalue weighted by Crippen LogP contribution is -3.00. The molecule has 26 heavy (non-hydrogen) atoms. The highest BCUT2D eigenvalue weighted by molar-refractivity contribution is 5.98. The minimum absolute atomic E-state index is 0. The molecule has 0 bridgehead atoms. The van der Waals surface area contributed by atoms with E-state index in [0.29, 0.717) is 12.2 Å². The largest absolute Gasteiger partial charge is 1.00 e. The fraction of sp³-hybridized carbons (Fsp3) is 0.200. The Morgan fingerprint density at radius 1 is 1.12 bits per heavy atom. The van der Waals surface area contributed by atoms with Gasteiger partial charge in [-0.05, 0) is 43.3 Å². The molecule has 0 atom stereocenters. The van der Waals surface area contributed by atoms with Crippen molar-refractivity contribution >= 4 is 28.2 Å². The van der Waals surface area contributed by atoms with Gasteiger partial charge in [0.1, 0.15) is 5.75 Å². The predicted octanol–water partition coefficient (Wildman–Crippen LogP) is 0.895. The average Bonchev–Trinajstić information content (AvgIpc) is 2.62. The predicted molar refractivity (Wildman–Crippen MR) is 97.5 cm³/mol. The van der Waals surface area contributed by atoms with Gasteiger partial charge in [-0.25, -0.2) is 9.78 Å². The fourth-order valence-electron chi connectivity index (χ4n) is 2.69. The van der Waals surface area contributed by atoms with Gasteiger partial charge in [-0.2, -0.15) is 0 Å². The van der Waals surface area contributed by atoms with E-state index in [9.17, 15) is 4.79 Å². The molecule has 136 valence electrons. The monoisotopic (exact) mass is 372 g/mol. The van der Waals surface area contributed by atoms with E-state index in [1.807, 2.05) is 49.4 Å². The molecule has 0 saturated carbocycles. The molecule has 0 unspecified atom stereocenters. The summed E-state index contributed by atoms with van der Waals surface area (Å²) in [4.78, 5) is 15.3. The maximum Gasteiger partial charge on any atom is 0.338 e. The Hall–Kier alpha value is -2.79. The topological polar surface area (TPSA) is 61.7 Å². The second-order valence-electron chi connectivity index (χ2n) is 5.70. The molecule has 0 fully saturated rings. The van der Waals surface area contributed by atoms with Crippen LogP contribution in [-0.2, 0) is 4.74 Å². The van der Waals surface area contributed by atoms with Crippen molar-refractivity contribution in [2.24, 2.45) is 0 Å². The van der Waals surface area contributed by atoms with Crippen molar-refractivity contribution in [2.45, 2.75) is 13.8 Å². The molecule has 0 aliphatic rings. The van der Waals surface area contributed by atoms with Crippen LogP contribution in [0.15, 0.2) is 48.5 Å². The van der Waals surface area contributed by atoms with Gasteiger partial charge >= 0.3 is 5.97 Å². The highest BCUT2D eigenvalue weighted by atomic mass is 35.5. The van der Waals surface area contributed by atoms with Gasteiger partial charge in [0.2, 0.25) is 5.52 Å². The molecule has 1 aromatic heterocycles. The minimum atomic E-state index is -0.319. The van der Waals surface area contributed by atoms with Gasteiger partial charge in [0.25, 0.3) is 0 Å². The Morgan fingerprint density at radius 3 is 2.50 bits per heavy atom. The number of aromatic nitrogens is 1. The number of methoxy groups -OCH3 is 1. The number of ether oxygens (including phenoxy) is 2. The van der Waals surface area contributed by atoms with Crippen molar-refractivity contribution in [1.82, 2.24) is 0 Å². The van der Waals surface area contributed by atoms with Gasteiger partial charge in [0.05, 0.1) is 30.4 Å². The first-order chi connectivity index (χ1) is 12.1. The summed E-state index contributed by atoms with van der Waals surface area (Å²) in [5, 5.41) is 4.33. The molecule has 5 nitrogen and oxygen atoms in total. The SMILES string of the molecule is CCOC(=O)c1ccc2[nH+]c(C)cc(Nc3ccc(OC)cc3)c2c1.[Cl-]. The summed E-state index contributed by atoms with van der Waals surface area (Å²) in [6.07, 6.45) is 0. The molecule has 0 spiro atoms. The first kappa shape index (κ1) is 19.5. The number of hydrogen-bond acceptors (Lipinski definition) is 4. The van der Waals surface area contributed by atoms with Crippen LogP contribution in [0.4, 0.5) is 11.4 Å². The molecule has 0 saturated heterocycles. The number of hydrogen-bond donors (Lipinski definition) is 1. The Balaban J connectivity index is 0.00000243. The van der Waals surface area contributed by atoms with Crippen LogP contribution in [0.3, 0.4) is 0 Å². The van der Waals surface area contributed by atoms with Crippen LogP contribution in [0.2, 0.25) is 0 Å². The van der Waals surface area contributed by atoms with Crippen LogP contribution in [0, 0.1) is 6.92 Å². The number of pyridine rings is 1. The normalized spacial score (nSPS) is 10.1. The van der Waals surface area contributed by atoms with Crippen molar-refractivity contribution in [2.75, 3.05) is 19.0 Å². The number of fused-ring (bicyclic) bond motifs is 1. The van der Waals surface area contributed by atoms with Crippen molar-refractivity contribution in [1.29, 1.82) is 0 Å². The highest BCUT2D eigenvalue weighted by Gasteiger charge is 2.14. The summed E-state index contributed by atoms with van der Waals surface area (Å²) >= 11 is 0. The van der Waals surface area contributed by atoms with Gasteiger partial charge < -0.3 is 27.2 Å². The lowest BCUT2D eigenvalue weighted by molar-refractivity contribution is -0.354. The summed E-state index contributed by atoms with van der Waals surface area (Å²) in [7, 11) is 1.64. The smallest absolute Gasteiger partial charge is 0.338 e. The van der Waals surface area contributed by atoms with Crippen LogP contribution in [-0.4, -0.2) is 19.7 Å². The standard InChI is InChI=1S/C20H20N2O3.ClH/c1-4-25-20(23)14-5-10-18-17(12-14)19(11-13(2)21-18)22-15-6-8-16(24-3)9-7-15;/h5-12H,4H2,1-3H3,(H,21,22);1H. The molecule has 0 aliphatic carbocycles. The zero-order chi connectivity index (χ0) is 17.8. The van der Waals surface area contributed by atoms with E-state index in [4.69, 9.17) is 9.47 Å². The molecular weight excluding hydrogens is 352 g/mol. The van der Waals surface area contributed by atoms with Crippen LogP contribution >= 0.6 is 0 Å². The number of aromatic amines is 1. The van der Waals surface area contributed by atoms with E-state index < -0.39 is 0 Å². The number of nitrogens with one attached hydrogen (secondary N) is 2. The van der Waals surface area contributed by atoms with E-state index in [2.05, 4.69) is 10.3 Å². The molecule has 0 radical (unpaired) electrons. The zero-order valence-electron chi connectivity index (χ0n) is 14.9. The molecule has 3 rings (SSSR count). The molecule has 2 N–H and O–H groups in total. The number of H-pyrrole nitrogens is 1. The Bertz CT molecular complexity index is 911. The number of esters is 1. The number of aryl methyl sites for hydroxylation is 1. The summed E-state index contributed by atoms with van der Waals surface area (Å²) in [6, 6.07) is 15.2. The molecule has 1 heterocycles. The molecule has 0 aliphatic heterocycles. The van der Waals surface area contributed by atoms with Gasteiger partial charge in [-0.15, -0.1) is 0 Å². The van der Waals surface area contributed by atoms with Crippen LogP contribution < -0.4 is 27.4 Å². The van der Waals surface area contributed by atoms with E-state index in [0.717, 1.165) is 33.7 Å². The molecular formula is C20H21ClN2O3. The van der Waals surface area contributed by atoms with Gasteiger partial charge in [-0.1, -0.05) is 0 Å². The van der Waals surface area contributed by atoms with Gasteiger partial charge in [-0.3, -0.25) is 0 Å². The summed E-state index contributed by atoms with van der Waals surface area (Å²) < 4.78 is 10.3. The third kappa shape index (κ3) is 4.24. The Morgan fingerprint density at radius 2 is 1.85 bits per heavy atom. The van der Waals surface area contributed by atoms with Gasteiger partial charge in [0.15, 0.2) is 5.69 Å². The zero-order valence-corrected chi connectivity index (χ0v) is 15.7. The fourth-order valence-corrected chi connectivity index (χ4v) is 2.69. The van der Waals surface area contributed by atoms with Crippen LogP contribution in [0.25, 0.3) is 10.9 Å². The molecule has 2 aromatic carbocycles. The van der Waals surface area contributed by atoms with Crippen LogP contribution in [0.1, 0.15) is 23.0 Å². The quantitative estimate of drug-likeness (QED) is 0.676. The number of halogens is 1. The van der Waals surface area contributed by atoms with Crippen LogP contribution in [0.5, 0.6) is 5.75 Å². The third-order valence-electron chi connectivity index (χ3n) is 3.88. The maximum absolute atomic E-state index is 12.0. The first-order valence-corrected chi connectivity index (χ1v) is 8.15.